The van der Waals surface area contributed by atoms with Crippen molar-refractivity contribution in [2.24, 2.45) is 0 Å². The Kier molecular flexibility index (Phi) is 5.14. The molecule has 0 aromatic carbocycles. The van der Waals surface area contributed by atoms with Gasteiger partial charge in [0.05, 0.1) is 12.7 Å². The Morgan fingerprint density at radius 3 is 3.05 bits per heavy atom. The second-order valence-electron chi connectivity index (χ2n) is 5.67. The average Bonchev–Trinajstić information content (AvgIpc) is 2.87. The number of rotatable bonds is 5. The molecule has 6 nitrogen and oxygen atoms in total. The van der Waals surface area contributed by atoms with E-state index in [-0.39, 0.29) is 11.9 Å². The third-order valence-corrected chi connectivity index (χ3v) is 3.71. The molecule has 112 valence electrons. The fourth-order valence-electron chi connectivity index (χ4n) is 2.65. The first-order valence-electron chi connectivity index (χ1n) is 7.33. The smallest absolute Gasteiger partial charge is 0.239 e. The molecular weight excluding hydrogens is 254 g/mol. The maximum absolute atomic E-state index is 12.1. The second kappa shape index (κ2) is 6.85. The van der Waals surface area contributed by atoms with Crippen molar-refractivity contribution in [1.29, 1.82) is 0 Å². The molecule has 1 aromatic rings. The van der Waals surface area contributed by atoms with Crippen LogP contribution in [0, 0.1) is 0 Å². The van der Waals surface area contributed by atoms with Gasteiger partial charge in [-0.25, -0.2) is 4.68 Å². The van der Waals surface area contributed by atoms with Gasteiger partial charge in [-0.15, -0.1) is 0 Å². The van der Waals surface area contributed by atoms with Gasteiger partial charge in [-0.05, 0) is 40.3 Å². The largest absolute Gasteiger partial charge is 0.316 e. The van der Waals surface area contributed by atoms with Gasteiger partial charge in [-0.1, -0.05) is 0 Å². The zero-order valence-electron chi connectivity index (χ0n) is 12.6. The van der Waals surface area contributed by atoms with Crippen LogP contribution in [0.4, 0.5) is 5.82 Å². The summed E-state index contributed by atoms with van der Waals surface area (Å²) in [5.41, 5.74) is 0. The predicted molar refractivity (Wildman–Crippen MR) is 79.8 cm³/mol. The van der Waals surface area contributed by atoms with E-state index in [2.05, 4.69) is 20.6 Å². The molecule has 0 saturated carbocycles. The number of nitrogens with zero attached hydrogens (tertiary/aromatic N) is 3. The van der Waals surface area contributed by atoms with E-state index >= 15 is 0 Å². The maximum Gasteiger partial charge on any atom is 0.239 e. The highest BCUT2D eigenvalue weighted by atomic mass is 16.2. The summed E-state index contributed by atoms with van der Waals surface area (Å²) in [5, 5.41) is 10.5. The molecule has 0 bridgehead atoms. The highest BCUT2D eigenvalue weighted by Gasteiger charge is 2.20. The monoisotopic (exact) mass is 279 g/mol. The van der Waals surface area contributed by atoms with Gasteiger partial charge in [0.2, 0.25) is 5.91 Å². The minimum atomic E-state index is 0.0316. The Bertz CT molecular complexity index is 443. The van der Waals surface area contributed by atoms with Gasteiger partial charge >= 0.3 is 0 Å². The van der Waals surface area contributed by atoms with Gasteiger partial charge < -0.3 is 10.6 Å². The number of carbonyl (C=O) groups excluding carboxylic acids is 1. The van der Waals surface area contributed by atoms with Gasteiger partial charge in [0.15, 0.2) is 0 Å². The number of likely N-dealkylation sites (N-methyl/N-ethyl adjacent to an activating group) is 1. The molecule has 0 spiro atoms. The first-order chi connectivity index (χ1) is 9.60. The SMILES string of the molecule is CNC1CCCN(CC(=O)Nc2ccnn2C(C)C)C1. The van der Waals surface area contributed by atoms with Crippen molar-refractivity contribution in [3.8, 4) is 0 Å². The number of hydrogen-bond donors (Lipinski definition) is 2. The lowest BCUT2D eigenvalue weighted by molar-refractivity contribution is -0.117. The third kappa shape index (κ3) is 3.80. The number of piperidine rings is 1. The molecular formula is C14H25N5O. The molecule has 0 radical (unpaired) electrons. The molecule has 1 aromatic heterocycles. The lowest BCUT2D eigenvalue weighted by Gasteiger charge is -2.31. The Morgan fingerprint density at radius 1 is 1.55 bits per heavy atom. The molecule has 1 unspecified atom stereocenters. The van der Waals surface area contributed by atoms with E-state index in [4.69, 9.17) is 0 Å². The normalized spacial score (nSPS) is 20.3. The van der Waals surface area contributed by atoms with Crippen molar-refractivity contribution in [3.05, 3.63) is 12.3 Å². The van der Waals surface area contributed by atoms with Crippen molar-refractivity contribution in [1.82, 2.24) is 20.0 Å². The third-order valence-electron chi connectivity index (χ3n) is 3.71. The van der Waals surface area contributed by atoms with Gasteiger partial charge in [-0.2, -0.15) is 5.10 Å². The number of nitrogens with one attached hydrogen (secondary N) is 2. The Labute approximate surface area is 120 Å². The number of carbonyl (C=O) groups is 1. The van der Waals surface area contributed by atoms with Crippen LogP contribution in [0.2, 0.25) is 0 Å². The van der Waals surface area contributed by atoms with Gasteiger partial charge in [0.25, 0.3) is 0 Å². The van der Waals surface area contributed by atoms with Crippen LogP contribution < -0.4 is 10.6 Å². The maximum atomic E-state index is 12.1. The quantitative estimate of drug-likeness (QED) is 0.847. The van der Waals surface area contributed by atoms with Crippen LogP contribution >= 0.6 is 0 Å². The van der Waals surface area contributed by atoms with E-state index in [1.165, 1.54) is 6.42 Å². The number of hydrogen-bond acceptors (Lipinski definition) is 4. The van der Waals surface area contributed by atoms with Crippen LogP contribution in [0.5, 0.6) is 0 Å². The van der Waals surface area contributed by atoms with Gasteiger partial charge in [0.1, 0.15) is 5.82 Å². The van der Waals surface area contributed by atoms with E-state index in [1.54, 1.807) is 6.20 Å². The summed E-state index contributed by atoms with van der Waals surface area (Å²) in [6.45, 7) is 6.47. The zero-order valence-corrected chi connectivity index (χ0v) is 12.6. The molecule has 2 heterocycles. The predicted octanol–water partition coefficient (Wildman–Crippen LogP) is 1.09. The fraction of sp³-hybridized carbons (Fsp3) is 0.714. The fourth-order valence-corrected chi connectivity index (χ4v) is 2.65. The summed E-state index contributed by atoms with van der Waals surface area (Å²) in [6.07, 6.45) is 4.05. The average molecular weight is 279 g/mol. The molecule has 20 heavy (non-hydrogen) atoms. The number of anilines is 1. The standard InChI is InChI=1S/C14H25N5O/c1-11(2)19-13(6-7-16-19)17-14(20)10-18-8-4-5-12(9-18)15-3/h6-7,11-12,15H,4-5,8-10H2,1-3H3,(H,17,20). The van der Waals surface area contributed by atoms with E-state index in [0.717, 1.165) is 25.3 Å². The van der Waals surface area contributed by atoms with E-state index in [0.29, 0.717) is 12.6 Å². The topological polar surface area (TPSA) is 62.2 Å². The van der Waals surface area contributed by atoms with Crippen LogP contribution in [-0.4, -0.2) is 53.3 Å². The van der Waals surface area contributed by atoms with Crippen LogP contribution in [0.1, 0.15) is 32.7 Å². The minimum absolute atomic E-state index is 0.0316. The van der Waals surface area contributed by atoms with Crippen LogP contribution in [-0.2, 0) is 4.79 Å². The molecule has 1 atom stereocenters. The Balaban J connectivity index is 1.87. The molecule has 0 aliphatic carbocycles. The number of amides is 1. The van der Waals surface area contributed by atoms with Gasteiger partial charge in [0, 0.05) is 24.7 Å². The summed E-state index contributed by atoms with van der Waals surface area (Å²) in [6, 6.07) is 2.58. The Hall–Kier alpha value is -1.40. The lowest BCUT2D eigenvalue weighted by Crippen LogP contribution is -2.47. The Morgan fingerprint density at radius 2 is 2.35 bits per heavy atom. The van der Waals surface area contributed by atoms with Crippen LogP contribution in [0.25, 0.3) is 0 Å². The molecule has 2 N–H and O–H groups in total. The lowest BCUT2D eigenvalue weighted by atomic mass is 10.1. The molecule has 1 fully saturated rings. The highest BCUT2D eigenvalue weighted by molar-refractivity contribution is 5.91. The van der Waals surface area contributed by atoms with Crippen molar-refractivity contribution in [2.45, 2.75) is 38.8 Å². The summed E-state index contributed by atoms with van der Waals surface area (Å²) in [5.74, 6) is 0.802. The summed E-state index contributed by atoms with van der Waals surface area (Å²) >= 11 is 0. The van der Waals surface area contributed by atoms with Crippen molar-refractivity contribution >= 4 is 11.7 Å². The molecule has 6 heteroatoms. The minimum Gasteiger partial charge on any atom is -0.316 e. The van der Waals surface area contributed by atoms with Crippen LogP contribution in [0.3, 0.4) is 0 Å². The summed E-state index contributed by atoms with van der Waals surface area (Å²) in [4.78, 5) is 14.3. The number of aromatic nitrogens is 2. The molecule has 1 amide bonds. The summed E-state index contributed by atoms with van der Waals surface area (Å²) < 4.78 is 1.82. The zero-order chi connectivity index (χ0) is 14.5. The van der Waals surface area contributed by atoms with Crippen molar-refractivity contribution in [3.63, 3.8) is 0 Å². The molecule has 1 aliphatic rings. The first kappa shape index (κ1) is 15.0. The first-order valence-corrected chi connectivity index (χ1v) is 7.33. The van der Waals surface area contributed by atoms with Gasteiger partial charge in [-0.3, -0.25) is 9.69 Å². The van der Waals surface area contributed by atoms with E-state index in [9.17, 15) is 4.79 Å². The molecule has 2 rings (SSSR count). The van der Waals surface area contributed by atoms with E-state index in [1.807, 2.05) is 31.6 Å². The molecule has 1 aliphatic heterocycles. The highest BCUT2D eigenvalue weighted by Crippen LogP contribution is 2.14. The second-order valence-corrected chi connectivity index (χ2v) is 5.67. The molecule has 1 saturated heterocycles. The summed E-state index contributed by atoms with van der Waals surface area (Å²) in [7, 11) is 1.98. The number of likely N-dealkylation sites (tertiary alicyclic amines) is 1. The van der Waals surface area contributed by atoms with Crippen molar-refractivity contribution < 1.29 is 4.79 Å². The van der Waals surface area contributed by atoms with Crippen molar-refractivity contribution in [2.75, 3.05) is 32.0 Å². The van der Waals surface area contributed by atoms with Crippen LogP contribution in [0.15, 0.2) is 12.3 Å². The van der Waals surface area contributed by atoms with E-state index < -0.39 is 0 Å².